The summed E-state index contributed by atoms with van der Waals surface area (Å²) in [6.45, 7) is 0.668. The minimum absolute atomic E-state index is 0.234. The number of nitrogens with zero attached hydrogens (tertiary/aromatic N) is 1. The van der Waals surface area contributed by atoms with Crippen molar-refractivity contribution in [2.45, 2.75) is 37.6 Å². The van der Waals surface area contributed by atoms with Crippen molar-refractivity contribution in [1.82, 2.24) is 4.90 Å². The van der Waals surface area contributed by atoms with Crippen LogP contribution in [0.3, 0.4) is 0 Å². The highest BCUT2D eigenvalue weighted by molar-refractivity contribution is 5.87. The van der Waals surface area contributed by atoms with Crippen LogP contribution in [0, 0.1) is 5.82 Å². The van der Waals surface area contributed by atoms with Gasteiger partial charge in [-0.05, 0) is 60.2 Å². The fourth-order valence-electron chi connectivity index (χ4n) is 4.36. The van der Waals surface area contributed by atoms with E-state index >= 15 is 0 Å². The standard InChI is InChI=1S/C24H26FNO5/c1-29-20-12-16-8-11-26(14-17(16)13-21(20)30-2)22(27)15-31-23(28)24(9-3-10-24)18-4-6-19(25)7-5-18/h4-7,12-13H,3,8-11,14-15H2,1-2H3. The van der Waals surface area contributed by atoms with Crippen LogP contribution < -0.4 is 9.47 Å². The van der Waals surface area contributed by atoms with E-state index in [9.17, 15) is 14.0 Å². The number of ether oxygens (including phenoxy) is 3. The van der Waals surface area contributed by atoms with Crippen molar-refractivity contribution in [3.63, 3.8) is 0 Å². The first-order valence-corrected chi connectivity index (χ1v) is 10.4. The zero-order valence-electron chi connectivity index (χ0n) is 17.8. The molecule has 1 amide bonds. The highest BCUT2D eigenvalue weighted by atomic mass is 19.1. The molecule has 0 bridgehead atoms. The number of methoxy groups -OCH3 is 2. The molecule has 164 valence electrons. The fourth-order valence-corrected chi connectivity index (χ4v) is 4.36. The summed E-state index contributed by atoms with van der Waals surface area (Å²) in [5, 5.41) is 0. The second-order valence-electron chi connectivity index (χ2n) is 8.06. The minimum atomic E-state index is -0.771. The molecule has 0 atom stereocenters. The van der Waals surface area contributed by atoms with Gasteiger partial charge in [-0.15, -0.1) is 0 Å². The lowest BCUT2D eigenvalue weighted by Gasteiger charge is -2.39. The lowest BCUT2D eigenvalue weighted by Crippen LogP contribution is -2.45. The van der Waals surface area contributed by atoms with Crippen molar-refractivity contribution in [3.05, 3.63) is 58.9 Å². The maximum atomic E-state index is 13.3. The van der Waals surface area contributed by atoms with E-state index in [2.05, 4.69) is 0 Å². The zero-order valence-corrected chi connectivity index (χ0v) is 17.8. The van der Waals surface area contributed by atoms with Gasteiger partial charge < -0.3 is 19.1 Å². The van der Waals surface area contributed by atoms with Gasteiger partial charge in [0, 0.05) is 13.1 Å². The van der Waals surface area contributed by atoms with Crippen LogP contribution in [0.2, 0.25) is 0 Å². The minimum Gasteiger partial charge on any atom is -0.493 e. The van der Waals surface area contributed by atoms with Crippen molar-refractivity contribution in [1.29, 1.82) is 0 Å². The predicted octanol–water partition coefficient (Wildman–Crippen LogP) is 3.39. The van der Waals surface area contributed by atoms with Crippen LogP contribution in [0.1, 0.15) is 36.0 Å². The van der Waals surface area contributed by atoms with Crippen LogP contribution in [-0.2, 0) is 32.7 Å². The molecule has 2 aliphatic rings. The van der Waals surface area contributed by atoms with Crippen LogP contribution in [-0.4, -0.2) is 44.1 Å². The number of amides is 1. The van der Waals surface area contributed by atoms with Gasteiger partial charge in [0.1, 0.15) is 5.82 Å². The van der Waals surface area contributed by atoms with Crippen molar-refractivity contribution >= 4 is 11.9 Å². The predicted molar refractivity (Wildman–Crippen MR) is 112 cm³/mol. The summed E-state index contributed by atoms with van der Waals surface area (Å²) in [7, 11) is 3.17. The Morgan fingerprint density at radius 1 is 1.03 bits per heavy atom. The molecule has 2 aromatic carbocycles. The topological polar surface area (TPSA) is 65.1 Å². The summed E-state index contributed by atoms with van der Waals surface area (Å²) >= 11 is 0. The number of esters is 1. The molecule has 2 aromatic rings. The second kappa shape index (κ2) is 8.57. The second-order valence-corrected chi connectivity index (χ2v) is 8.06. The maximum absolute atomic E-state index is 13.3. The summed E-state index contributed by atoms with van der Waals surface area (Å²) in [4.78, 5) is 27.3. The van der Waals surface area contributed by atoms with Gasteiger partial charge in [0.15, 0.2) is 18.1 Å². The zero-order chi connectivity index (χ0) is 22.0. The monoisotopic (exact) mass is 427 g/mol. The highest BCUT2D eigenvalue weighted by Crippen LogP contribution is 2.44. The van der Waals surface area contributed by atoms with Gasteiger partial charge >= 0.3 is 5.97 Å². The van der Waals surface area contributed by atoms with Gasteiger partial charge in [0.05, 0.1) is 19.6 Å². The quantitative estimate of drug-likeness (QED) is 0.662. The van der Waals surface area contributed by atoms with Crippen molar-refractivity contribution in [2.24, 2.45) is 0 Å². The Kier molecular flexibility index (Phi) is 5.85. The fraction of sp³-hybridized carbons (Fsp3) is 0.417. The average molecular weight is 427 g/mol. The summed E-state index contributed by atoms with van der Waals surface area (Å²) in [6, 6.07) is 9.78. The van der Waals surface area contributed by atoms with Gasteiger partial charge in [-0.3, -0.25) is 9.59 Å². The van der Waals surface area contributed by atoms with Gasteiger partial charge in [0.2, 0.25) is 0 Å². The number of carbonyl (C=O) groups excluding carboxylic acids is 2. The summed E-state index contributed by atoms with van der Waals surface area (Å²) in [5.41, 5.74) is 2.08. The molecule has 0 spiro atoms. The molecule has 0 saturated heterocycles. The van der Waals surface area contributed by atoms with E-state index in [-0.39, 0.29) is 18.3 Å². The number of benzene rings is 2. The maximum Gasteiger partial charge on any atom is 0.317 e. The smallest absolute Gasteiger partial charge is 0.317 e. The molecule has 1 heterocycles. The SMILES string of the molecule is COc1cc2c(cc1OC)CN(C(=O)COC(=O)C1(c3ccc(F)cc3)CCC1)CC2. The molecule has 1 aliphatic carbocycles. The van der Waals surface area contributed by atoms with E-state index < -0.39 is 11.4 Å². The van der Waals surface area contributed by atoms with E-state index in [1.807, 2.05) is 12.1 Å². The third kappa shape index (κ3) is 3.96. The highest BCUT2D eigenvalue weighted by Gasteiger charge is 2.47. The number of hydrogen-bond acceptors (Lipinski definition) is 5. The number of carbonyl (C=O) groups is 2. The Hall–Kier alpha value is -3.09. The van der Waals surface area contributed by atoms with Gasteiger partial charge in [-0.1, -0.05) is 18.6 Å². The van der Waals surface area contributed by atoms with Crippen LogP contribution in [0.4, 0.5) is 4.39 Å². The Labute approximate surface area is 180 Å². The molecule has 6 nitrogen and oxygen atoms in total. The molecule has 0 radical (unpaired) electrons. The van der Waals surface area contributed by atoms with Crippen molar-refractivity contribution < 1.29 is 28.2 Å². The molecule has 4 rings (SSSR count). The summed E-state index contributed by atoms with van der Waals surface area (Å²) in [6.07, 6.45) is 2.87. The van der Waals surface area contributed by atoms with Crippen LogP contribution >= 0.6 is 0 Å². The van der Waals surface area contributed by atoms with Gasteiger partial charge in [-0.2, -0.15) is 0 Å². The third-order valence-electron chi connectivity index (χ3n) is 6.39. The summed E-state index contributed by atoms with van der Waals surface area (Å²) in [5.74, 6) is 0.293. The van der Waals surface area contributed by atoms with E-state index in [1.165, 1.54) is 12.1 Å². The Bertz CT molecular complexity index is 984. The third-order valence-corrected chi connectivity index (χ3v) is 6.39. The molecule has 1 fully saturated rings. The molecule has 31 heavy (non-hydrogen) atoms. The van der Waals surface area contributed by atoms with E-state index in [4.69, 9.17) is 14.2 Å². The Morgan fingerprint density at radius 2 is 1.68 bits per heavy atom. The van der Waals surface area contributed by atoms with Crippen LogP contribution in [0.25, 0.3) is 0 Å². The van der Waals surface area contributed by atoms with Gasteiger partial charge in [-0.25, -0.2) is 4.39 Å². The van der Waals surface area contributed by atoms with Crippen LogP contribution in [0.15, 0.2) is 36.4 Å². The molecular weight excluding hydrogens is 401 g/mol. The number of rotatable bonds is 6. The lowest BCUT2D eigenvalue weighted by atomic mass is 9.64. The molecular formula is C24H26FNO5. The van der Waals surface area contributed by atoms with Crippen LogP contribution in [0.5, 0.6) is 11.5 Å². The van der Waals surface area contributed by atoms with E-state index in [1.54, 1.807) is 31.3 Å². The first-order valence-electron chi connectivity index (χ1n) is 10.4. The first kappa shape index (κ1) is 21.2. The number of hydrogen-bond donors (Lipinski definition) is 0. The molecule has 0 N–H and O–H groups in total. The lowest BCUT2D eigenvalue weighted by molar-refractivity contribution is -0.160. The molecule has 0 unspecified atom stereocenters. The normalized spacial score (nSPS) is 16.7. The number of fused-ring (bicyclic) bond motifs is 1. The molecule has 0 aromatic heterocycles. The van der Waals surface area contributed by atoms with Crippen molar-refractivity contribution in [2.75, 3.05) is 27.4 Å². The van der Waals surface area contributed by atoms with Crippen molar-refractivity contribution in [3.8, 4) is 11.5 Å². The largest absolute Gasteiger partial charge is 0.493 e. The molecule has 1 aliphatic heterocycles. The molecule has 7 heteroatoms. The van der Waals surface area contributed by atoms with E-state index in [0.717, 1.165) is 23.1 Å². The number of halogens is 1. The van der Waals surface area contributed by atoms with Gasteiger partial charge in [0.25, 0.3) is 5.91 Å². The first-order chi connectivity index (χ1) is 15.0. The molecule has 1 saturated carbocycles. The average Bonchev–Trinajstić information content (AvgIpc) is 2.76. The summed E-state index contributed by atoms with van der Waals surface area (Å²) < 4.78 is 29.4. The Balaban J connectivity index is 1.40. The van der Waals surface area contributed by atoms with E-state index in [0.29, 0.717) is 43.9 Å². The Morgan fingerprint density at radius 3 is 2.26 bits per heavy atom.